The summed E-state index contributed by atoms with van der Waals surface area (Å²) in [5.74, 6) is 3.11. The third kappa shape index (κ3) is 4.38. The van der Waals surface area contributed by atoms with Crippen LogP contribution in [-0.2, 0) is 19.6 Å². The highest BCUT2D eigenvalue weighted by molar-refractivity contribution is 5.79. The van der Waals surface area contributed by atoms with Gasteiger partial charge in [-0.15, -0.1) is 10.2 Å². The van der Waals surface area contributed by atoms with Crippen LogP contribution in [0.25, 0.3) is 5.65 Å². The van der Waals surface area contributed by atoms with E-state index in [2.05, 4.69) is 49.2 Å². The number of nitrogens with zero attached hydrogens (tertiary/aromatic N) is 6. The molecule has 0 unspecified atom stereocenters. The van der Waals surface area contributed by atoms with Gasteiger partial charge >= 0.3 is 0 Å². The molecule has 0 aliphatic rings. The standard InChI is InChI=1S/C18H26N8/c1-4-19-18(21-11-16-20-8-10-25(16)13-14(2)3)22-12-17-24-23-15-7-5-6-9-26(15)17/h5-10,14H,4,11-13H2,1-3H3,(H2,19,21,22). The van der Waals surface area contributed by atoms with Gasteiger partial charge < -0.3 is 15.2 Å². The first-order valence-corrected chi connectivity index (χ1v) is 8.98. The number of guanidine groups is 1. The molecular weight excluding hydrogens is 328 g/mol. The van der Waals surface area contributed by atoms with Crippen LogP contribution in [0.2, 0.25) is 0 Å². The molecule has 8 heteroatoms. The van der Waals surface area contributed by atoms with Crippen molar-refractivity contribution in [3.8, 4) is 0 Å². The normalized spacial score (nSPS) is 12.1. The van der Waals surface area contributed by atoms with Crippen molar-refractivity contribution in [2.24, 2.45) is 10.9 Å². The molecule has 0 amide bonds. The van der Waals surface area contributed by atoms with E-state index in [0.717, 1.165) is 36.3 Å². The Hall–Kier alpha value is -2.90. The number of aliphatic imine (C=N–C) groups is 1. The molecule has 3 heterocycles. The van der Waals surface area contributed by atoms with Crippen molar-refractivity contribution >= 4 is 11.6 Å². The third-order valence-corrected chi connectivity index (χ3v) is 3.88. The number of hydrogen-bond acceptors (Lipinski definition) is 4. The second-order valence-electron chi connectivity index (χ2n) is 6.48. The zero-order valence-corrected chi connectivity index (χ0v) is 15.6. The number of aromatic nitrogens is 5. The Labute approximate surface area is 153 Å². The lowest BCUT2D eigenvalue weighted by Gasteiger charge is -2.13. The quantitative estimate of drug-likeness (QED) is 0.500. The van der Waals surface area contributed by atoms with Crippen molar-refractivity contribution in [2.75, 3.05) is 6.54 Å². The zero-order chi connectivity index (χ0) is 18.4. The lowest BCUT2D eigenvalue weighted by atomic mass is 10.2. The van der Waals surface area contributed by atoms with Gasteiger partial charge in [-0.25, -0.2) is 9.98 Å². The predicted molar refractivity (Wildman–Crippen MR) is 102 cm³/mol. The van der Waals surface area contributed by atoms with Gasteiger partial charge in [0.15, 0.2) is 17.4 Å². The Balaban J connectivity index is 1.67. The average molecular weight is 354 g/mol. The van der Waals surface area contributed by atoms with E-state index in [1.807, 2.05) is 48.1 Å². The van der Waals surface area contributed by atoms with Crippen molar-refractivity contribution in [2.45, 2.75) is 40.4 Å². The van der Waals surface area contributed by atoms with Gasteiger partial charge in [-0.05, 0) is 25.0 Å². The van der Waals surface area contributed by atoms with Gasteiger partial charge in [0.1, 0.15) is 12.4 Å². The molecule has 0 fully saturated rings. The summed E-state index contributed by atoms with van der Waals surface area (Å²) >= 11 is 0. The van der Waals surface area contributed by atoms with Crippen LogP contribution >= 0.6 is 0 Å². The minimum absolute atomic E-state index is 0.445. The lowest BCUT2D eigenvalue weighted by Crippen LogP contribution is -2.37. The largest absolute Gasteiger partial charge is 0.357 e. The van der Waals surface area contributed by atoms with Crippen molar-refractivity contribution < 1.29 is 0 Å². The summed E-state index contributed by atoms with van der Waals surface area (Å²) in [6, 6.07) is 5.84. The predicted octanol–water partition coefficient (Wildman–Crippen LogP) is 1.84. The van der Waals surface area contributed by atoms with Crippen molar-refractivity contribution in [1.82, 2.24) is 34.8 Å². The number of pyridine rings is 1. The van der Waals surface area contributed by atoms with Gasteiger partial charge in [-0.2, -0.15) is 0 Å². The minimum atomic E-state index is 0.445. The summed E-state index contributed by atoms with van der Waals surface area (Å²) in [6.45, 7) is 9.25. The van der Waals surface area contributed by atoms with E-state index in [1.165, 1.54) is 0 Å². The lowest BCUT2D eigenvalue weighted by molar-refractivity contribution is 0.503. The summed E-state index contributed by atoms with van der Waals surface area (Å²) in [6.07, 6.45) is 5.80. The first kappa shape index (κ1) is 17.9. The Morgan fingerprint density at radius 1 is 1.15 bits per heavy atom. The fourth-order valence-corrected chi connectivity index (χ4v) is 2.72. The Bertz CT molecular complexity index is 861. The fourth-order valence-electron chi connectivity index (χ4n) is 2.72. The highest BCUT2D eigenvalue weighted by Crippen LogP contribution is 2.05. The van der Waals surface area contributed by atoms with E-state index < -0.39 is 0 Å². The van der Waals surface area contributed by atoms with Gasteiger partial charge in [0.05, 0.1) is 6.54 Å². The number of nitrogens with one attached hydrogen (secondary N) is 2. The number of fused-ring (bicyclic) bond motifs is 1. The highest BCUT2D eigenvalue weighted by atomic mass is 15.3. The molecule has 3 aromatic rings. The van der Waals surface area contributed by atoms with Crippen LogP contribution in [-0.4, -0.2) is 36.7 Å². The summed E-state index contributed by atoms with van der Waals surface area (Å²) in [4.78, 5) is 9.07. The monoisotopic (exact) mass is 354 g/mol. The molecule has 0 aliphatic carbocycles. The van der Waals surface area contributed by atoms with Crippen LogP contribution in [0.3, 0.4) is 0 Å². The summed E-state index contributed by atoms with van der Waals surface area (Å²) in [5.41, 5.74) is 0.825. The van der Waals surface area contributed by atoms with Gasteiger partial charge in [0, 0.05) is 31.7 Å². The third-order valence-electron chi connectivity index (χ3n) is 3.88. The van der Waals surface area contributed by atoms with E-state index in [9.17, 15) is 0 Å². The zero-order valence-electron chi connectivity index (χ0n) is 15.6. The topological polar surface area (TPSA) is 84.4 Å². The van der Waals surface area contributed by atoms with E-state index in [0.29, 0.717) is 19.0 Å². The first-order valence-electron chi connectivity index (χ1n) is 8.98. The van der Waals surface area contributed by atoms with E-state index in [4.69, 9.17) is 0 Å². The molecular formula is C18H26N8. The van der Waals surface area contributed by atoms with Crippen molar-refractivity contribution in [3.05, 3.63) is 48.4 Å². The average Bonchev–Trinajstić information content (AvgIpc) is 3.24. The van der Waals surface area contributed by atoms with Crippen LogP contribution < -0.4 is 10.6 Å². The molecule has 0 spiro atoms. The maximum absolute atomic E-state index is 4.63. The van der Waals surface area contributed by atoms with Gasteiger partial charge in [-0.3, -0.25) is 4.40 Å². The molecule has 0 aromatic carbocycles. The smallest absolute Gasteiger partial charge is 0.192 e. The first-order chi connectivity index (χ1) is 12.7. The number of rotatable bonds is 7. The molecule has 0 atom stereocenters. The molecule has 2 N–H and O–H groups in total. The molecule has 138 valence electrons. The van der Waals surface area contributed by atoms with Crippen LogP contribution in [0.4, 0.5) is 0 Å². The molecule has 8 nitrogen and oxygen atoms in total. The molecule has 3 aromatic heterocycles. The van der Waals surface area contributed by atoms with E-state index >= 15 is 0 Å². The molecule has 0 aliphatic heterocycles. The molecule has 0 radical (unpaired) electrons. The SMILES string of the molecule is CCNC(=NCc1nnc2ccccn12)NCc1nccn1CC(C)C. The number of imidazole rings is 1. The molecule has 3 rings (SSSR count). The number of hydrogen-bond donors (Lipinski definition) is 2. The summed E-state index contributed by atoms with van der Waals surface area (Å²) in [5, 5.41) is 15.0. The molecule has 26 heavy (non-hydrogen) atoms. The Morgan fingerprint density at radius 2 is 2.04 bits per heavy atom. The van der Waals surface area contributed by atoms with Crippen LogP contribution in [0.15, 0.2) is 41.8 Å². The van der Waals surface area contributed by atoms with Crippen LogP contribution in [0.5, 0.6) is 0 Å². The van der Waals surface area contributed by atoms with E-state index in [1.54, 1.807) is 0 Å². The van der Waals surface area contributed by atoms with Gasteiger partial charge in [0.2, 0.25) is 0 Å². The molecule has 0 saturated heterocycles. The van der Waals surface area contributed by atoms with Crippen LogP contribution in [0, 0.1) is 5.92 Å². The van der Waals surface area contributed by atoms with Crippen molar-refractivity contribution in [1.29, 1.82) is 0 Å². The second-order valence-corrected chi connectivity index (χ2v) is 6.48. The van der Waals surface area contributed by atoms with Crippen molar-refractivity contribution in [3.63, 3.8) is 0 Å². The Kier molecular flexibility index (Phi) is 5.83. The Morgan fingerprint density at radius 3 is 2.85 bits per heavy atom. The molecule has 0 bridgehead atoms. The summed E-state index contributed by atoms with van der Waals surface area (Å²) < 4.78 is 4.12. The van der Waals surface area contributed by atoms with Crippen LogP contribution in [0.1, 0.15) is 32.4 Å². The van der Waals surface area contributed by atoms with Gasteiger partial charge in [0.25, 0.3) is 0 Å². The fraction of sp³-hybridized carbons (Fsp3) is 0.444. The maximum Gasteiger partial charge on any atom is 0.192 e. The van der Waals surface area contributed by atoms with E-state index in [-0.39, 0.29) is 0 Å². The maximum atomic E-state index is 4.63. The minimum Gasteiger partial charge on any atom is -0.357 e. The van der Waals surface area contributed by atoms with Gasteiger partial charge in [-0.1, -0.05) is 19.9 Å². The summed E-state index contributed by atoms with van der Waals surface area (Å²) in [7, 11) is 0. The second kappa shape index (κ2) is 8.46. The molecule has 0 saturated carbocycles. The highest BCUT2D eigenvalue weighted by Gasteiger charge is 2.07.